The van der Waals surface area contributed by atoms with Gasteiger partial charge < -0.3 is 25.0 Å². The molecule has 11 nitrogen and oxygen atoms in total. The predicted molar refractivity (Wildman–Crippen MR) is 201 cm³/mol. The number of esters is 1. The molecule has 4 amide bonds. The third kappa shape index (κ3) is 8.15. The summed E-state index contributed by atoms with van der Waals surface area (Å²) in [5.74, 6) is -2.01. The number of carbonyl (C=O) groups is 5. The zero-order valence-electron chi connectivity index (χ0n) is 30.0. The molecule has 2 fully saturated rings. The summed E-state index contributed by atoms with van der Waals surface area (Å²) in [7, 11) is 0. The van der Waals surface area contributed by atoms with Crippen molar-refractivity contribution in [1.82, 2.24) is 20.4 Å². The van der Waals surface area contributed by atoms with Gasteiger partial charge in [-0.2, -0.15) is 0 Å². The topological polar surface area (TPSA) is 134 Å². The van der Waals surface area contributed by atoms with Crippen LogP contribution in [0.1, 0.15) is 53.9 Å². The minimum atomic E-state index is -0.992. The largest absolute Gasteiger partial charge is 0.460 e. The highest BCUT2D eigenvalue weighted by molar-refractivity contribution is 5.95. The van der Waals surface area contributed by atoms with Crippen molar-refractivity contribution in [3.05, 3.63) is 131 Å². The van der Waals surface area contributed by atoms with Crippen LogP contribution >= 0.6 is 0 Å². The number of nitrogens with one attached hydrogen (secondary N) is 2. The zero-order chi connectivity index (χ0) is 37.4. The maximum absolute atomic E-state index is 14.2. The molecule has 3 atom stereocenters. The molecule has 4 aromatic carbocycles. The monoisotopic (exact) mass is 728 g/mol. The lowest BCUT2D eigenvalue weighted by Crippen LogP contribution is -2.57. The second-order valence-corrected chi connectivity index (χ2v) is 14.0. The average Bonchev–Trinajstić information content (AvgIpc) is 3.97. The normalized spacial score (nSPS) is 18.0. The van der Waals surface area contributed by atoms with E-state index in [1.807, 2.05) is 84.9 Å². The van der Waals surface area contributed by atoms with Crippen molar-refractivity contribution in [3.63, 3.8) is 0 Å². The van der Waals surface area contributed by atoms with Crippen molar-refractivity contribution >= 4 is 29.8 Å². The number of rotatable bonds is 12. The second kappa shape index (κ2) is 16.8. The van der Waals surface area contributed by atoms with E-state index in [-0.39, 0.29) is 32.1 Å². The fourth-order valence-corrected chi connectivity index (χ4v) is 7.82. The highest BCUT2D eigenvalue weighted by Gasteiger charge is 2.41. The van der Waals surface area contributed by atoms with Crippen molar-refractivity contribution in [3.8, 4) is 11.1 Å². The molecule has 7 rings (SSSR count). The molecule has 0 saturated carbocycles. The number of hydrogen-bond donors (Lipinski definition) is 2. The fraction of sp³-hybridized carbons (Fsp3) is 0.326. The molecule has 2 N–H and O–H groups in total. The number of hydrogen-bond acceptors (Lipinski definition) is 7. The standard InChI is InChI=1S/C43H44N4O7/c48-39(53-27-30-15-5-2-6-16-30)26-44-40(49)37-21-11-23-46(37)42(51)36(25-29-13-3-1-4-14-29)45-41(50)38-22-12-24-47(38)43(52)54-28-35-33-19-9-7-17-31(33)32-18-8-10-20-34(32)35/h1-10,13-20,35-38H,11-12,21-28H2,(H,44,49)(H,45,50)/t36-,37-,38-/m0/s1. The van der Waals surface area contributed by atoms with E-state index in [1.54, 1.807) is 0 Å². The van der Waals surface area contributed by atoms with Gasteiger partial charge in [-0.15, -0.1) is 0 Å². The third-order valence-corrected chi connectivity index (χ3v) is 10.5. The van der Waals surface area contributed by atoms with E-state index < -0.39 is 47.9 Å². The summed E-state index contributed by atoms with van der Waals surface area (Å²) in [4.78, 5) is 70.4. The lowest BCUT2D eigenvalue weighted by Gasteiger charge is -2.30. The summed E-state index contributed by atoms with van der Waals surface area (Å²) < 4.78 is 11.2. The molecule has 4 aromatic rings. The van der Waals surface area contributed by atoms with Crippen LogP contribution in [0.5, 0.6) is 0 Å². The first kappa shape index (κ1) is 36.4. The summed E-state index contributed by atoms with van der Waals surface area (Å²) >= 11 is 0. The van der Waals surface area contributed by atoms with E-state index in [0.717, 1.165) is 33.4 Å². The molecule has 0 radical (unpaired) electrons. The highest BCUT2D eigenvalue weighted by atomic mass is 16.6. The average molecular weight is 729 g/mol. The fourth-order valence-electron chi connectivity index (χ4n) is 7.82. The van der Waals surface area contributed by atoms with E-state index in [0.29, 0.717) is 38.8 Å². The Hall–Kier alpha value is -5.97. The predicted octanol–water partition coefficient (Wildman–Crippen LogP) is 4.98. The molecular formula is C43H44N4O7. The first-order valence-electron chi connectivity index (χ1n) is 18.6. The molecular weight excluding hydrogens is 684 g/mol. The van der Waals surface area contributed by atoms with Crippen LogP contribution in [0.25, 0.3) is 11.1 Å². The Kier molecular flexibility index (Phi) is 11.3. The van der Waals surface area contributed by atoms with Gasteiger partial charge in [-0.05, 0) is 59.1 Å². The van der Waals surface area contributed by atoms with E-state index in [2.05, 4.69) is 34.9 Å². The SMILES string of the molecule is O=C(CNC(=O)[C@@H]1CCCN1C(=O)[C@H](Cc1ccccc1)NC(=O)[C@@H]1CCCN1C(=O)OCC1c2ccccc2-c2ccccc21)OCc1ccccc1. The summed E-state index contributed by atoms with van der Waals surface area (Å²) in [6, 6.07) is 32.2. The third-order valence-electron chi connectivity index (χ3n) is 10.5. The molecule has 2 heterocycles. The lowest BCUT2D eigenvalue weighted by atomic mass is 9.98. The van der Waals surface area contributed by atoms with Gasteiger partial charge >= 0.3 is 12.1 Å². The Labute approximate surface area is 314 Å². The van der Waals surface area contributed by atoms with Gasteiger partial charge in [-0.25, -0.2) is 4.79 Å². The molecule has 0 unspecified atom stereocenters. The Bertz CT molecular complexity index is 1940. The first-order chi connectivity index (χ1) is 26.4. The van der Waals surface area contributed by atoms with Crippen molar-refractivity contribution in [2.24, 2.45) is 0 Å². The van der Waals surface area contributed by atoms with Gasteiger partial charge in [0, 0.05) is 25.4 Å². The Morgan fingerprint density at radius 2 is 1.20 bits per heavy atom. The molecule has 0 spiro atoms. The van der Waals surface area contributed by atoms with Gasteiger partial charge in [0.1, 0.15) is 37.9 Å². The highest BCUT2D eigenvalue weighted by Crippen LogP contribution is 2.44. The number of carbonyl (C=O) groups excluding carboxylic acids is 5. The summed E-state index contributed by atoms with van der Waals surface area (Å²) in [5, 5.41) is 5.58. The van der Waals surface area contributed by atoms with Crippen LogP contribution in [-0.4, -0.2) is 84.0 Å². The molecule has 2 saturated heterocycles. The van der Waals surface area contributed by atoms with Gasteiger partial charge in [-0.3, -0.25) is 24.1 Å². The van der Waals surface area contributed by atoms with Crippen LogP contribution in [0.3, 0.4) is 0 Å². The Morgan fingerprint density at radius 3 is 1.85 bits per heavy atom. The molecule has 0 aromatic heterocycles. The number of fused-ring (bicyclic) bond motifs is 3. The molecule has 2 aliphatic heterocycles. The summed E-state index contributed by atoms with van der Waals surface area (Å²) in [6.45, 7) is 0.571. The first-order valence-corrected chi connectivity index (χ1v) is 18.6. The number of amides is 4. The van der Waals surface area contributed by atoms with Crippen LogP contribution in [0.2, 0.25) is 0 Å². The minimum Gasteiger partial charge on any atom is -0.460 e. The quantitative estimate of drug-likeness (QED) is 0.197. The lowest BCUT2D eigenvalue weighted by molar-refractivity contribution is -0.146. The maximum atomic E-state index is 14.2. The van der Waals surface area contributed by atoms with Crippen LogP contribution in [0.15, 0.2) is 109 Å². The summed E-state index contributed by atoms with van der Waals surface area (Å²) in [5.41, 5.74) is 6.11. The van der Waals surface area contributed by atoms with Crippen LogP contribution in [0.4, 0.5) is 4.79 Å². The molecule has 1 aliphatic carbocycles. The van der Waals surface area contributed by atoms with E-state index in [4.69, 9.17) is 9.47 Å². The number of likely N-dealkylation sites (tertiary alicyclic amines) is 2. The number of nitrogens with zero attached hydrogens (tertiary/aromatic N) is 2. The van der Waals surface area contributed by atoms with Crippen molar-refractivity contribution < 1.29 is 33.4 Å². The van der Waals surface area contributed by atoms with E-state index in [1.165, 1.54) is 9.80 Å². The maximum Gasteiger partial charge on any atom is 0.410 e. The van der Waals surface area contributed by atoms with Gasteiger partial charge in [0.05, 0.1) is 0 Å². The Balaban J connectivity index is 0.988. The number of ether oxygens (including phenoxy) is 2. The zero-order valence-corrected chi connectivity index (χ0v) is 30.0. The molecule has 3 aliphatic rings. The summed E-state index contributed by atoms with van der Waals surface area (Å²) in [6.07, 6.45) is 1.67. The van der Waals surface area contributed by atoms with Crippen molar-refractivity contribution in [2.75, 3.05) is 26.2 Å². The van der Waals surface area contributed by atoms with Crippen molar-refractivity contribution in [1.29, 1.82) is 0 Å². The van der Waals surface area contributed by atoms with Gasteiger partial charge in [0.15, 0.2) is 0 Å². The molecule has 54 heavy (non-hydrogen) atoms. The van der Waals surface area contributed by atoms with Gasteiger partial charge in [0.2, 0.25) is 17.7 Å². The van der Waals surface area contributed by atoms with Gasteiger partial charge in [0.25, 0.3) is 0 Å². The van der Waals surface area contributed by atoms with Crippen molar-refractivity contribution in [2.45, 2.75) is 62.8 Å². The van der Waals surface area contributed by atoms with E-state index in [9.17, 15) is 24.0 Å². The van der Waals surface area contributed by atoms with E-state index >= 15 is 0 Å². The molecule has 11 heteroatoms. The Morgan fingerprint density at radius 1 is 0.648 bits per heavy atom. The number of benzene rings is 4. The molecule has 278 valence electrons. The van der Waals surface area contributed by atoms with Crippen LogP contribution in [-0.2, 0) is 41.7 Å². The van der Waals surface area contributed by atoms with Gasteiger partial charge in [-0.1, -0.05) is 109 Å². The molecule has 0 bridgehead atoms. The van der Waals surface area contributed by atoms with Crippen LogP contribution in [0, 0.1) is 0 Å². The van der Waals surface area contributed by atoms with Crippen LogP contribution < -0.4 is 10.6 Å². The minimum absolute atomic E-state index is 0.0875. The second-order valence-electron chi connectivity index (χ2n) is 14.0. The smallest absolute Gasteiger partial charge is 0.410 e.